The Kier molecular flexibility index (Phi) is 14.8. The highest BCUT2D eigenvalue weighted by atomic mass is 28.4. The zero-order valence-corrected chi connectivity index (χ0v) is 21.2. The molecule has 0 saturated carbocycles. The molecule has 0 spiro atoms. The third-order valence-electron chi connectivity index (χ3n) is 4.43. The van der Waals surface area contributed by atoms with E-state index >= 15 is 0 Å². The molecule has 0 aliphatic carbocycles. The van der Waals surface area contributed by atoms with Gasteiger partial charge >= 0.3 is 17.6 Å². The fraction of sp³-hybridized carbons (Fsp3) is 0.875. The minimum atomic E-state index is -2.82. The SMILES string of the molecule is CCN(C=C([Si]CNCCC[Si](OC)(OC)OC)[Si](OC)(OC)OC)CC. The van der Waals surface area contributed by atoms with Crippen molar-refractivity contribution in [2.45, 2.75) is 26.3 Å². The molecule has 0 aromatic heterocycles. The van der Waals surface area contributed by atoms with Gasteiger partial charge in [-0.25, -0.2) is 0 Å². The van der Waals surface area contributed by atoms with E-state index in [2.05, 4.69) is 30.3 Å². The predicted molar refractivity (Wildman–Crippen MR) is 113 cm³/mol. The van der Waals surface area contributed by atoms with E-state index in [0.717, 1.165) is 43.1 Å². The number of hydrogen-bond donors (Lipinski definition) is 1. The molecule has 160 valence electrons. The summed E-state index contributed by atoms with van der Waals surface area (Å²) in [6, 6.07) is 0.779. The van der Waals surface area contributed by atoms with Crippen LogP contribution in [0.5, 0.6) is 0 Å². The quantitative estimate of drug-likeness (QED) is 0.267. The van der Waals surface area contributed by atoms with E-state index in [1.807, 2.05) is 0 Å². The number of nitrogens with one attached hydrogen (secondary N) is 1. The molecule has 0 saturated heterocycles. The zero-order chi connectivity index (χ0) is 20.8. The normalized spacial score (nSPS) is 13.3. The van der Waals surface area contributed by atoms with Crippen molar-refractivity contribution in [3.8, 4) is 0 Å². The van der Waals surface area contributed by atoms with Gasteiger partial charge in [-0.05, 0) is 39.2 Å². The van der Waals surface area contributed by atoms with Gasteiger partial charge in [-0.3, -0.25) is 0 Å². The topological polar surface area (TPSA) is 70.7 Å². The first kappa shape index (κ1) is 26.9. The van der Waals surface area contributed by atoms with Crippen molar-refractivity contribution in [3.63, 3.8) is 0 Å². The maximum absolute atomic E-state index is 5.69. The molecule has 0 aromatic rings. The molecule has 0 amide bonds. The van der Waals surface area contributed by atoms with Gasteiger partial charge in [0, 0.05) is 66.6 Å². The molecule has 0 aliphatic rings. The van der Waals surface area contributed by atoms with E-state index in [-0.39, 0.29) is 0 Å². The second-order valence-corrected chi connectivity index (χ2v) is 13.4. The van der Waals surface area contributed by atoms with Crippen LogP contribution in [0.4, 0.5) is 0 Å². The first-order chi connectivity index (χ1) is 13.0. The molecule has 0 rings (SSSR count). The van der Waals surface area contributed by atoms with Crippen molar-refractivity contribution in [1.29, 1.82) is 0 Å². The van der Waals surface area contributed by atoms with Gasteiger partial charge in [-0.15, -0.1) is 0 Å². The molecule has 0 aliphatic heterocycles. The molecular weight excluding hydrogens is 400 g/mol. The van der Waals surface area contributed by atoms with E-state index in [1.54, 1.807) is 42.7 Å². The first-order valence-electron chi connectivity index (χ1n) is 9.18. The summed E-state index contributed by atoms with van der Waals surface area (Å²) in [5, 5.41) is 3.48. The molecule has 0 bridgehead atoms. The number of rotatable bonds is 17. The van der Waals surface area contributed by atoms with Gasteiger partial charge in [-0.2, -0.15) is 0 Å². The van der Waals surface area contributed by atoms with Crippen molar-refractivity contribution in [2.75, 3.05) is 68.5 Å². The Bertz CT molecular complexity index is 389. The molecule has 0 atom stereocenters. The molecule has 0 aromatic carbocycles. The molecular formula is C16H38N2O6Si3. The van der Waals surface area contributed by atoms with Crippen LogP contribution in [0.15, 0.2) is 11.0 Å². The van der Waals surface area contributed by atoms with Gasteiger partial charge in [0.2, 0.25) is 0 Å². The molecule has 11 heteroatoms. The lowest BCUT2D eigenvalue weighted by Gasteiger charge is -2.29. The number of hydrogen-bond acceptors (Lipinski definition) is 8. The molecule has 8 nitrogen and oxygen atoms in total. The summed E-state index contributed by atoms with van der Waals surface area (Å²) in [6.07, 6.45) is 3.89. The van der Waals surface area contributed by atoms with Crippen LogP contribution in [0.25, 0.3) is 0 Å². The van der Waals surface area contributed by atoms with Crippen molar-refractivity contribution < 1.29 is 26.6 Å². The predicted octanol–water partition coefficient (Wildman–Crippen LogP) is 1.11. The molecule has 0 heterocycles. The molecule has 0 fully saturated rings. The third-order valence-corrected chi connectivity index (χ3v) is 12.1. The van der Waals surface area contributed by atoms with Crippen molar-refractivity contribution in [2.24, 2.45) is 0 Å². The Labute approximate surface area is 170 Å². The monoisotopic (exact) mass is 438 g/mol. The lowest BCUT2D eigenvalue weighted by Crippen LogP contribution is -2.49. The van der Waals surface area contributed by atoms with Gasteiger partial charge in [-0.1, -0.05) is 0 Å². The molecule has 1 N–H and O–H groups in total. The van der Waals surface area contributed by atoms with Crippen molar-refractivity contribution in [3.05, 3.63) is 11.0 Å². The van der Waals surface area contributed by atoms with Crippen LogP contribution < -0.4 is 5.32 Å². The van der Waals surface area contributed by atoms with Crippen LogP contribution in [0.1, 0.15) is 20.3 Å². The molecule has 27 heavy (non-hydrogen) atoms. The average molecular weight is 439 g/mol. The van der Waals surface area contributed by atoms with Crippen LogP contribution >= 0.6 is 0 Å². The summed E-state index contributed by atoms with van der Waals surface area (Å²) < 4.78 is 33.4. The van der Waals surface area contributed by atoms with Gasteiger partial charge in [0.05, 0.1) is 9.52 Å². The highest BCUT2D eigenvalue weighted by molar-refractivity contribution is 6.83. The van der Waals surface area contributed by atoms with Crippen molar-refractivity contribution >= 4 is 27.1 Å². The lowest BCUT2D eigenvalue weighted by molar-refractivity contribution is 0.123. The summed E-state index contributed by atoms with van der Waals surface area (Å²) in [7, 11) is 5.08. The van der Waals surface area contributed by atoms with Gasteiger partial charge in [0.25, 0.3) is 0 Å². The average Bonchev–Trinajstić information content (AvgIpc) is 2.72. The maximum Gasteiger partial charge on any atom is 0.529 e. The zero-order valence-electron chi connectivity index (χ0n) is 18.2. The third kappa shape index (κ3) is 8.43. The summed E-state index contributed by atoms with van der Waals surface area (Å²) in [5.41, 5.74) is 0. The largest absolute Gasteiger partial charge is 0.529 e. The minimum absolute atomic E-state index is 0.505. The standard InChI is InChI=1S/C16H38N2O6Si3/c1-9-18(10-2)14-16(27(22-6,23-7)24-8)25-15-17-12-11-13-26(19-3,20-4)21-5/h14,17H,9-13,15H2,1-8H3. The second kappa shape index (κ2) is 14.8. The van der Waals surface area contributed by atoms with Crippen LogP contribution in [0.3, 0.4) is 0 Å². The Morgan fingerprint density at radius 1 is 0.889 bits per heavy atom. The Morgan fingerprint density at radius 3 is 1.81 bits per heavy atom. The molecule has 0 unspecified atom stereocenters. The lowest BCUT2D eigenvalue weighted by atomic mass is 10.5. The second-order valence-electron chi connectivity index (χ2n) is 5.69. The van der Waals surface area contributed by atoms with Crippen LogP contribution in [-0.2, 0) is 26.6 Å². The van der Waals surface area contributed by atoms with E-state index in [0.29, 0.717) is 9.52 Å². The smallest absolute Gasteiger partial charge is 0.378 e. The molecule has 2 radical (unpaired) electrons. The van der Waals surface area contributed by atoms with E-state index < -0.39 is 17.6 Å². The van der Waals surface area contributed by atoms with Crippen LogP contribution in [-0.4, -0.2) is 100 Å². The fourth-order valence-electron chi connectivity index (χ4n) is 2.63. The van der Waals surface area contributed by atoms with Crippen molar-refractivity contribution in [1.82, 2.24) is 10.2 Å². The fourth-order valence-corrected chi connectivity index (χ4v) is 8.67. The minimum Gasteiger partial charge on any atom is -0.378 e. The Hall–Kier alpha value is -0.0894. The first-order valence-corrected chi connectivity index (χ1v) is 14.0. The van der Waals surface area contributed by atoms with E-state index in [4.69, 9.17) is 26.6 Å². The van der Waals surface area contributed by atoms with Gasteiger partial charge < -0.3 is 36.8 Å². The van der Waals surface area contributed by atoms with E-state index in [9.17, 15) is 0 Å². The van der Waals surface area contributed by atoms with Gasteiger partial charge in [0.1, 0.15) is 0 Å². The summed E-state index contributed by atoms with van der Waals surface area (Å²) in [5.74, 6) is 0. The van der Waals surface area contributed by atoms with E-state index in [1.165, 1.54) is 0 Å². The summed E-state index contributed by atoms with van der Waals surface area (Å²) in [4.78, 5) is 3.33. The highest BCUT2D eigenvalue weighted by Gasteiger charge is 2.43. The Balaban J connectivity index is 4.75. The Morgan fingerprint density at radius 2 is 1.41 bits per heavy atom. The summed E-state index contributed by atoms with van der Waals surface area (Å²) in [6.45, 7) is 6.98. The maximum atomic E-state index is 5.69. The van der Waals surface area contributed by atoms with Crippen LogP contribution in [0.2, 0.25) is 6.04 Å². The number of nitrogens with zero attached hydrogens (tertiary/aromatic N) is 1. The van der Waals surface area contributed by atoms with Crippen LogP contribution in [0, 0.1) is 0 Å². The summed E-state index contributed by atoms with van der Waals surface area (Å²) >= 11 is 0. The highest BCUT2D eigenvalue weighted by Crippen LogP contribution is 2.18. The van der Waals surface area contributed by atoms with Gasteiger partial charge in [0.15, 0.2) is 0 Å².